The molecule has 0 bridgehead atoms. The maximum Gasteiger partial charge on any atom is 0.0431 e. The Kier molecular flexibility index (Phi) is 7.73. The summed E-state index contributed by atoms with van der Waals surface area (Å²) in [7, 11) is 0. The summed E-state index contributed by atoms with van der Waals surface area (Å²) < 4.78 is 0. The van der Waals surface area contributed by atoms with Crippen LogP contribution in [0.1, 0.15) is 19.3 Å². The van der Waals surface area contributed by atoms with E-state index in [1.54, 1.807) is 0 Å². The van der Waals surface area contributed by atoms with E-state index in [4.69, 9.17) is 16.2 Å². The van der Waals surface area contributed by atoms with Crippen molar-refractivity contribution in [1.82, 2.24) is 0 Å². The first-order valence-electron chi connectivity index (χ1n) is 4.01. The molecule has 7 nitrogen and oxygen atoms in total. The summed E-state index contributed by atoms with van der Waals surface area (Å²) in [6.45, 7) is 0.316. The molecule has 1 unspecified atom stereocenters. The van der Waals surface area contributed by atoms with Crippen molar-refractivity contribution in [2.75, 3.05) is 13.2 Å². The molecule has 0 aliphatic carbocycles. The van der Waals surface area contributed by atoms with E-state index in [1.165, 1.54) is 0 Å². The molecule has 0 aliphatic heterocycles. The van der Waals surface area contributed by atoms with Crippen LogP contribution in [0, 0.1) is 0 Å². The largest absolute Gasteiger partial charge is 0.396 e. The number of nitrogens with zero attached hydrogens (tertiary/aromatic N) is 6. The number of aliphatic hydroxyl groups is 1. The van der Waals surface area contributed by atoms with Crippen LogP contribution in [0.15, 0.2) is 10.2 Å². The zero-order valence-electron chi connectivity index (χ0n) is 7.24. The van der Waals surface area contributed by atoms with Crippen molar-refractivity contribution in [3.63, 3.8) is 0 Å². The second kappa shape index (κ2) is 8.67. The smallest absolute Gasteiger partial charge is 0.0431 e. The Bertz CT molecular complexity index is 217. The van der Waals surface area contributed by atoms with Crippen molar-refractivity contribution in [3.8, 4) is 0 Å². The van der Waals surface area contributed by atoms with Crippen molar-refractivity contribution in [2.24, 2.45) is 10.2 Å². The van der Waals surface area contributed by atoms with Crippen LogP contribution in [0.5, 0.6) is 0 Å². The van der Waals surface area contributed by atoms with Gasteiger partial charge < -0.3 is 5.11 Å². The summed E-state index contributed by atoms with van der Waals surface area (Å²) in [5.41, 5.74) is 16.2. The SMILES string of the molecule is [N-]=[N+]=NCC(CCCCO)N=[N+]=[N-]. The molecule has 13 heavy (non-hydrogen) atoms. The first kappa shape index (κ1) is 11.6. The molecule has 0 spiro atoms. The van der Waals surface area contributed by atoms with Crippen LogP contribution in [0.2, 0.25) is 0 Å². The zero-order valence-corrected chi connectivity index (χ0v) is 7.24. The fraction of sp³-hybridized carbons (Fsp3) is 1.00. The quantitative estimate of drug-likeness (QED) is 0.277. The molecule has 0 heterocycles. The van der Waals surface area contributed by atoms with Gasteiger partial charge in [-0.2, -0.15) is 0 Å². The van der Waals surface area contributed by atoms with Crippen LogP contribution in [-0.4, -0.2) is 24.3 Å². The molecule has 0 aromatic heterocycles. The van der Waals surface area contributed by atoms with E-state index >= 15 is 0 Å². The number of unbranched alkanes of at least 4 members (excludes halogenated alkanes) is 1. The van der Waals surface area contributed by atoms with E-state index in [9.17, 15) is 0 Å². The summed E-state index contributed by atoms with van der Waals surface area (Å²) in [6.07, 6.45) is 2.08. The summed E-state index contributed by atoms with van der Waals surface area (Å²) in [4.78, 5) is 5.23. The average Bonchev–Trinajstić information content (AvgIpc) is 2.14. The summed E-state index contributed by atoms with van der Waals surface area (Å²) in [5.74, 6) is 0. The van der Waals surface area contributed by atoms with Gasteiger partial charge in [-0.05, 0) is 23.9 Å². The second-order valence-electron chi connectivity index (χ2n) is 2.49. The lowest BCUT2D eigenvalue weighted by atomic mass is 10.1. The van der Waals surface area contributed by atoms with Gasteiger partial charge in [-0.3, -0.25) is 0 Å². The molecule has 0 fully saturated rings. The van der Waals surface area contributed by atoms with Gasteiger partial charge in [0.2, 0.25) is 0 Å². The molecular weight excluding hydrogens is 172 g/mol. The van der Waals surface area contributed by atoms with E-state index in [0.717, 1.165) is 6.42 Å². The van der Waals surface area contributed by atoms with Crippen LogP contribution < -0.4 is 0 Å². The van der Waals surface area contributed by atoms with Crippen molar-refractivity contribution < 1.29 is 5.11 Å². The molecule has 0 aliphatic rings. The first-order chi connectivity index (χ1) is 6.35. The molecule has 0 amide bonds. The normalized spacial score (nSPS) is 11.2. The standard InChI is InChI=1S/C6H12N6O/c7-11-9-5-6(10-12-8)3-1-2-4-13/h6,13H,1-5H2. The predicted octanol–water partition coefficient (Wildman–Crippen LogP) is 2.14. The van der Waals surface area contributed by atoms with Crippen molar-refractivity contribution in [2.45, 2.75) is 25.3 Å². The lowest BCUT2D eigenvalue weighted by Gasteiger charge is -2.05. The average molecular weight is 184 g/mol. The highest BCUT2D eigenvalue weighted by Crippen LogP contribution is 2.05. The lowest BCUT2D eigenvalue weighted by Crippen LogP contribution is -2.07. The number of rotatable bonds is 7. The molecular formula is C6H12N6O. The Labute approximate surface area is 75.6 Å². The number of hydrogen-bond acceptors (Lipinski definition) is 3. The molecule has 0 radical (unpaired) electrons. The molecule has 0 saturated heterocycles. The van der Waals surface area contributed by atoms with Gasteiger partial charge in [-0.15, -0.1) is 0 Å². The Balaban J connectivity index is 3.79. The van der Waals surface area contributed by atoms with Gasteiger partial charge >= 0.3 is 0 Å². The minimum atomic E-state index is -0.285. The highest BCUT2D eigenvalue weighted by Gasteiger charge is 2.03. The number of azide groups is 2. The Morgan fingerprint density at radius 2 is 2.00 bits per heavy atom. The first-order valence-corrected chi connectivity index (χ1v) is 4.01. The molecule has 0 aromatic rings. The van der Waals surface area contributed by atoms with E-state index in [0.29, 0.717) is 12.8 Å². The van der Waals surface area contributed by atoms with Crippen LogP contribution in [0.25, 0.3) is 20.9 Å². The molecule has 0 rings (SSSR count). The van der Waals surface area contributed by atoms with E-state index in [1.807, 2.05) is 0 Å². The van der Waals surface area contributed by atoms with E-state index < -0.39 is 0 Å². The number of hydrogen-bond donors (Lipinski definition) is 1. The van der Waals surface area contributed by atoms with E-state index in [2.05, 4.69) is 20.1 Å². The fourth-order valence-corrected chi connectivity index (χ4v) is 0.881. The predicted molar refractivity (Wildman–Crippen MR) is 47.9 cm³/mol. The summed E-state index contributed by atoms with van der Waals surface area (Å²) in [6, 6.07) is -0.285. The van der Waals surface area contributed by atoms with Crippen molar-refractivity contribution >= 4 is 0 Å². The van der Waals surface area contributed by atoms with Crippen LogP contribution in [0.3, 0.4) is 0 Å². The van der Waals surface area contributed by atoms with Gasteiger partial charge in [0, 0.05) is 29.0 Å². The zero-order chi connectivity index (χ0) is 9.94. The maximum absolute atomic E-state index is 8.50. The molecule has 0 aromatic carbocycles. The van der Waals surface area contributed by atoms with Crippen molar-refractivity contribution in [3.05, 3.63) is 20.9 Å². The van der Waals surface area contributed by atoms with E-state index in [-0.39, 0.29) is 19.2 Å². The highest BCUT2D eigenvalue weighted by atomic mass is 16.2. The highest BCUT2D eigenvalue weighted by molar-refractivity contribution is 4.70. The van der Waals surface area contributed by atoms with Gasteiger partial charge in [0.15, 0.2) is 0 Å². The lowest BCUT2D eigenvalue weighted by molar-refractivity contribution is 0.281. The molecule has 7 heteroatoms. The third-order valence-corrected chi connectivity index (χ3v) is 1.52. The third kappa shape index (κ3) is 6.96. The minimum absolute atomic E-state index is 0.129. The fourth-order valence-electron chi connectivity index (χ4n) is 0.881. The van der Waals surface area contributed by atoms with Crippen LogP contribution in [0.4, 0.5) is 0 Å². The monoisotopic (exact) mass is 184 g/mol. The van der Waals surface area contributed by atoms with Crippen molar-refractivity contribution in [1.29, 1.82) is 0 Å². The molecule has 1 atom stereocenters. The van der Waals surface area contributed by atoms with Gasteiger partial charge in [0.05, 0.1) is 0 Å². The van der Waals surface area contributed by atoms with Gasteiger partial charge in [0.25, 0.3) is 0 Å². The Hall–Kier alpha value is -1.42. The molecule has 1 N–H and O–H groups in total. The van der Waals surface area contributed by atoms with Crippen LogP contribution >= 0.6 is 0 Å². The van der Waals surface area contributed by atoms with Gasteiger partial charge in [0.1, 0.15) is 0 Å². The van der Waals surface area contributed by atoms with Gasteiger partial charge in [-0.1, -0.05) is 16.6 Å². The summed E-state index contributed by atoms with van der Waals surface area (Å²) in [5, 5.41) is 15.3. The molecule has 72 valence electrons. The Morgan fingerprint density at radius 3 is 2.54 bits per heavy atom. The van der Waals surface area contributed by atoms with Gasteiger partial charge in [-0.25, -0.2) is 0 Å². The Morgan fingerprint density at radius 1 is 1.23 bits per heavy atom. The summed E-state index contributed by atoms with van der Waals surface area (Å²) >= 11 is 0. The number of aliphatic hydroxyl groups excluding tert-OH is 1. The maximum atomic E-state index is 8.50. The third-order valence-electron chi connectivity index (χ3n) is 1.52. The minimum Gasteiger partial charge on any atom is -0.396 e. The van der Waals surface area contributed by atoms with Crippen LogP contribution in [-0.2, 0) is 0 Å². The topological polar surface area (TPSA) is 118 Å². The second-order valence-corrected chi connectivity index (χ2v) is 2.49. The molecule has 0 saturated carbocycles.